The Morgan fingerprint density at radius 3 is 2.13 bits per heavy atom. The van der Waals surface area contributed by atoms with Crippen LogP contribution in [0, 0.1) is 0 Å². The number of amides is 2. The van der Waals surface area contributed by atoms with Crippen molar-refractivity contribution in [1.82, 2.24) is 0 Å². The van der Waals surface area contributed by atoms with Gasteiger partial charge in [-0.3, -0.25) is 9.59 Å². The van der Waals surface area contributed by atoms with E-state index >= 15 is 0 Å². The summed E-state index contributed by atoms with van der Waals surface area (Å²) in [6.45, 7) is 0. The second-order valence-electron chi connectivity index (χ2n) is 6.55. The number of halogens is 2. The maximum Gasteiger partial charge on any atom is 0.283 e. The molecule has 0 saturated carbocycles. The Hall–Kier alpha value is -2.93. The number of carbonyl (C=O) groups excluding carboxylic acids is 2. The van der Waals surface area contributed by atoms with Gasteiger partial charge in [0, 0.05) is 20.6 Å². The topological polar surface area (TPSA) is 58.6 Å². The van der Waals surface area contributed by atoms with Gasteiger partial charge in [-0.1, -0.05) is 53.2 Å². The van der Waals surface area contributed by atoms with Crippen molar-refractivity contribution in [3.63, 3.8) is 0 Å². The molecule has 156 valence electrons. The molecule has 2 amide bonds. The molecule has 0 aromatic heterocycles. The van der Waals surface area contributed by atoms with Gasteiger partial charge in [-0.2, -0.15) is 0 Å². The normalized spacial score (nSPS) is 13.7. The summed E-state index contributed by atoms with van der Waals surface area (Å²) in [5.74, 6) is -0.256. The first-order chi connectivity index (χ1) is 15.0. The molecule has 0 saturated heterocycles. The first kappa shape index (κ1) is 21.3. The molecule has 5 nitrogen and oxygen atoms in total. The quantitative estimate of drug-likeness (QED) is 0.448. The fraction of sp³-hybridized carbons (Fsp3) is 0.0435. The lowest BCUT2D eigenvalue weighted by Crippen LogP contribution is -2.32. The summed E-state index contributed by atoms with van der Waals surface area (Å²) in [5, 5.41) is 3.76. The Labute approximate surface area is 193 Å². The van der Waals surface area contributed by atoms with E-state index in [1.807, 2.05) is 30.3 Å². The first-order valence-corrected chi connectivity index (χ1v) is 10.8. The highest BCUT2D eigenvalue weighted by Gasteiger charge is 2.40. The summed E-state index contributed by atoms with van der Waals surface area (Å²) in [5.41, 5.74) is 1.14. The monoisotopic (exact) mass is 470 g/mol. The van der Waals surface area contributed by atoms with Gasteiger partial charge in [0.05, 0.1) is 12.8 Å². The standard InChI is InChI=1S/C23H16Cl2N2O3S/c1-30-18-9-7-16(8-10-18)26-20-21(31-19-5-3-2-4-6-19)23(29)27(22(20)28)17-12-14(24)11-15(25)13-17/h2-13,26H,1H3. The number of imide groups is 1. The molecular formula is C23H16Cl2N2O3S. The maximum absolute atomic E-state index is 13.3. The average Bonchev–Trinajstić information content (AvgIpc) is 2.98. The Morgan fingerprint density at radius 1 is 0.871 bits per heavy atom. The van der Waals surface area contributed by atoms with Crippen molar-refractivity contribution >= 4 is 58.2 Å². The highest BCUT2D eigenvalue weighted by Crippen LogP contribution is 2.39. The van der Waals surface area contributed by atoms with E-state index in [9.17, 15) is 9.59 Å². The van der Waals surface area contributed by atoms with Gasteiger partial charge in [-0.05, 0) is 54.6 Å². The Morgan fingerprint density at radius 2 is 1.52 bits per heavy atom. The fourth-order valence-electron chi connectivity index (χ4n) is 3.04. The van der Waals surface area contributed by atoms with E-state index < -0.39 is 11.8 Å². The van der Waals surface area contributed by atoms with E-state index in [1.54, 1.807) is 37.4 Å². The zero-order valence-electron chi connectivity index (χ0n) is 16.3. The number of thioether (sulfide) groups is 1. The van der Waals surface area contributed by atoms with Crippen molar-refractivity contribution < 1.29 is 14.3 Å². The van der Waals surface area contributed by atoms with E-state index in [1.165, 1.54) is 23.9 Å². The van der Waals surface area contributed by atoms with Crippen LogP contribution in [0.3, 0.4) is 0 Å². The molecule has 8 heteroatoms. The van der Waals surface area contributed by atoms with Crippen molar-refractivity contribution in [3.05, 3.63) is 93.4 Å². The summed E-state index contributed by atoms with van der Waals surface area (Å²) < 4.78 is 5.18. The molecule has 0 atom stereocenters. The van der Waals surface area contributed by atoms with Crippen LogP contribution in [0.5, 0.6) is 5.75 Å². The van der Waals surface area contributed by atoms with E-state index in [0.717, 1.165) is 9.80 Å². The largest absolute Gasteiger partial charge is 0.497 e. The predicted octanol–water partition coefficient (Wildman–Crippen LogP) is 5.99. The van der Waals surface area contributed by atoms with Gasteiger partial charge >= 0.3 is 0 Å². The van der Waals surface area contributed by atoms with Gasteiger partial charge in [0.2, 0.25) is 0 Å². The molecule has 31 heavy (non-hydrogen) atoms. The van der Waals surface area contributed by atoms with Crippen LogP contribution in [-0.2, 0) is 9.59 Å². The molecule has 1 aliphatic heterocycles. The van der Waals surface area contributed by atoms with E-state index in [4.69, 9.17) is 27.9 Å². The minimum atomic E-state index is -0.488. The van der Waals surface area contributed by atoms with Gasteiger partial charge in [0.15, 0.2) is 0 Å². The fourth-order valence-corrected chi connectivity index (χ4v) is 4.50. The zero-order valence-corrected chi connectivity index (χ0v) is 18.6. The van der Waals surface area contributed by atoms with Crippen LogP contribution >= 0.6 is 35.0 Å². The number of nitrogens with one attached hydrogen (secondary N) is 1. The number of rotatable bonds is 6. The van der Waals surface area contributed by atoms with E-state index in [2.05, 4.69) is 5.32 Å². The summed E-state index contributed by atoms with van der Waals surface area (Å²) >= 11 is 13.4. The Kier molecular flexibility index (Phi) is 6.23. The molecule has 0 unspecified atom stereocenters. The van der Waals surface area contributed by atoms with Crippen LogP contribution in [0.25, 0.3) is 0 Å². The van der Waals surface area contributed by atoms with Crippen LogP contribution in [0.15, 0.2) is 88.3 Å². The zero-order chi connectivity index (χ0) is 22.0. The molecule has 1 N–H and O–H groups in total. The third-order valence-electron chi connectivity index (χ3n) is 4.47. The van der Waals surface area contributed by atoms with Gasteiger partial charge in [-0.15, -0.1) is 0 Å². The lowest BCUT2D eigenvalue weighted by Gasteiger charge is -2.16. The number of anilines is 2. The van der Waals surface area contributed by atoms with Crippen molar-refractivity contribution in [2.24, 2.45) is 0 Å². The smallest absolute Gasteiger partial charge is 0.283 e. The first-order valence-electron chi connectivity index (χ1n) is 9.19. The molecule has 4 rings (SSSR count). The highest BCUT2D eigenvalue weighted by molar-refractivity contribution is 8.04. The number of benzene rings is 3. The molecule has 0 fully saturated rings. The van der Waals surface area contributed by atoms with Gasteiger partial charge < -0.3 is 10.1 Å². The summed E-state index contributed by atoms with van der Waals surface area (Å²) in [6.07, 6.45) is 0. The van der Waals surface area contributed by atoms with E-state index in [0.29, 0.717) is 27.2 Å². The lowest BCUT2D eigenvalue weighted by molar-refractivity contribution is -0.120. The third kappa shape index (κ3) is 4.56. The summed E-state index contributed by atoms with van der Waals surface area (Å²) in [4.78, 5) is 28.8. The molecule has 3 aromatic carbocycles. The molecular weight excluding hydrogens is 455 g/mol. The minimum Gasteiger partial charge on any atom is -0.497 e. The second-order valence-corrected chi connectivity index (χ2v) is 8.50. The molecule has 0 radical (unpaired) electrons. The highest BCUT2D eigenvalue weighted by atomic mass is 35.5. The number of methoxy groups -OCH3 is 1. The molecule has 0 spiro atoms. The van der Waals surface area contributed by atoms with Gasteiger partial charge in [0.1, 0.15) is 16.4 Å². The van der Waals surface area contributed by atoms with Crippen LogP contribution in [-0.4, -0.2) is 18.9 Å². The van der Waals surface area contributed by atoms with E-state index in [-0.39, 0.29) is 10.6 Å². The Balaban J connectivity index is 1.74. The maximum atomic E-state index is 13.3. The second kappa shape index (κ2) is 9.06. The van der Waals surface area contributed by atoms with Crippen LogP contribution in [0.2, 0.25) is 10.0 Å². The predicted molar refractivity (Wildman–Crippen MR) is 125 cm³/mol. The Bertz CT molecular complexity index is 1160. The number of hydrogen-bond acceptors (Lipinski definition) is 5. The molecule has 1 aliphatic rings. The lowest BCUT2D eigenvalue weighted by atomic mass is 10.2. The average molecular weight is 471 g/mol. The molecule has 0 bridgehead atoms. The molecule has 0 aliphatic carbocycles. The summed E-state index contributed by atoms with van der Waals surface area (Å²) in [6, 6.07) is 21.1. The van der Waals surface area contributed by atoms with Gasteiger partial charge in [0.25, 0.3) is 11.8 Å². The van der Waals surface area contributed by atoms with Gasteiger partial charge in [-0.25, -0.2) is 4.90 Å². The molecule has 3 aromatic rings. The third-order valence-corrected chi connectivity index (χ3v) is 6.00. The minimum absolute atomic E-state index is 0.181. The van der Waals surface area contributed by atoms with Crippen molar-refractivity contribution in [1.29, 1.82) is 0 Å². The summed E-state index contributed by atoms with van der Waals surface area (Å²) in [7, 11) is 1.58. The SMILES string of the molecule is COc1ccc(NC2=C(Sc3ccccc3)C(=O)N(c3cc(Cl)cc(Cl)c3)C2=O)cc1. The number of ether oxygens (including phenoxy) is 1. The van der Waals surface area contributed by atoms with Crippen LogP contribution in [0.1, 0.15) is 0 Å². The molecule has 1 heterocycles. The van der Waals surface area contributed by atoms with Crippen molar-refractivity contribution in [2.75, 3.05) is 17.3 Å². The number of hydrogen-bond donors (Lipinski definition) is 1. The van der Waals surface area contributed by atoms with Crippen molar-refractivity contribution in [2.45, 2.75) is 4.90 Å². The van der Waals surface area contributed by atoms with Crippen LogP contribution < -0.4 is 15.0 Å². The number of nitrogens with zero attached hydrogens (tertiary/aromatic N) is 1. The number of carbonyl (C=O) groups is 2. The van der Waals surface area contributed by atoms with Crippen LogP contribution in [0.4, 0.5) is 11.4 Å². The van der Waals surface area contributed by atoms with Crippen molar-refractivity contribution in [3.8, 4) is 5.75 Å².